The second-order valence-corrected chi connectivity index (χ2v) is 3.24. The molecule has 1 saturated carbocycles. The molecule has 2 rings (SSSR count). The molecule has 1 unspecified atom stereocenters. The molecule has 1 aliphatic heterocycles. The van der Waals surface area contributed by atoms with Gasteiger partial charge in [0.2, 0.25) is 0 Å². The van der Waals surface area contributed by atoms with E-state index in [4.69, 9.17) is 4.74 Å². The standard InChI is InChI=1S/C8H12O2/c9-8(6-1-2-6)7-3-4-10-5-7/h6-7H,1-5H2. The summed E-state index contributed by atoms with van der Waals surface area (Å²) in [4.78, 5) is 11.3. The van der Waals surface area contributed by atoms with Crippen LogP contribution in [0.15, 0.2) is 0 Å². The number of hydrogen-bond acceptors (Lipinski definition) is 2. The molecule has 1 heterocycles. The molecule has 1 aliphatic carbocycles. The van der Waals surface area contributed by atoms with Crippen molar-refractivity contribution in [2.24, 2.45) is 11.8 Å². The summed E-state index contributed by atoms with van der Waals surface area (Å²) in [5, 5.41) is 0. The molecule has 1 atom stereocenters. The first-order chi connectivity index (χ1) is 4.88. The van der Waals surface area contributed by atoms with E-state index in [0.29, 0.717) is 18.3 Å². The van der Waals surface area contributed by atoms with Crippen molar-refractivity contribution in [1.29, 1.82) is 0 Å². The van der Waals surface area contributed by atoms with Gasteiger partial charge in [0.25, 0.3) is 0 Å². The monoisotopic (exact) mass is 140 g/mol. The van der Waals surface area contributed by atoms with Gasteiger partial charge in [0, 0.05) is 18.4 Å². The van der Waals surface area contributed by atoms with Crippen LogP contribution in [0, 0.1) is 11.8 Å². The van der Waals surface area contributed by atoms with Gasteiger partial charge in [-0.25, -0.2) is 0 Å². The van der Waals surface area contributed by atoms with Crippen LogP contribution >= 0.6 is 0 Å². The first kappa shape index (κ1) is 6.35. The van der Waals surface area contributed by atoms with Gasteiger partial charge < -0.3 is 4.74 Å². The highest BCUT2D eigenvalue weighted by Crippen LogP contribution is 2.34. The average molecular weight is 140 g/mol. The molecule has 0 amide bonds. The third-order valence-electron chi connectivity index (χ3n) is 2.31. The van der Waals surface area contributed by atoms with E-state index in [1.165, 1.54) is 0 Å². The van der Waals surface area contributed by atoms with E-state index in [-0.39, 0.29) is 5.92 Å². The summed E-state index contributed by atoms with van der Waals surface area (Å²) in [5.41, 5.74) is 0. The zero-order valence-electron chi connectivity index (χ0n) is 6.01. The average Bonchev–Trinajstić information content (AvgIpc) is 2.65. The second kappa shape index (κ2) is 2.35. The summed E-state index contributed by atoms with van der Waals surface area (Å²) in [6.07, 6.45) is 3.24. The lowest BCUT2D eigenvalue weighted by molar-refractivity contribution is -0.124. The molecule has 0 aromatic carbocycles. The lowest BCUT2D eigenvalue weighted by atomic mass is 10.0. The normalized spacial score (nSPS) is 32.6. The van der Waals surface area contributed by atoms with Crippen LogP contribution in [0.1, 0.15) is 19.3 Å². The highest BCUT2D eigenvalue weighted by Gasteiger charge is 2.36. The number of rotatable bonds is 2. The van der Waals surface area contributed by atoms with Crippen LogP contribution < -0.4 is 0 Å². The molecule has 2 heteroatoms. The number of ketones is 1. The fraction of sp³-hybridized carbons (Fsp3) is 0.875. The van der Waals surface area contributed by atoms with Gasteiger partial charge in [-0.2, -0.15) is 0 Å². The smallest absolute Gasteiger partial charge is 0.141 e. The summed E-state index contributed by atoms with van der Waals surface area (Å²) >= 11 is 0. The fourth-order valence-electron chi connectivity index (χ4n) is 1.46. The third-order valence-corrected chi connectivity index (χ3v) is 2.31. The van der Waals surface area contributed by atoms with E-state index in [1.54, 1.807) is 0 Å². The van der Waals surface area contributed by atoms with Gasteiger partial charge in [0.15, 0.2) is 0 Å². The number of carbonyl (C=O) groups excluding carboxylic acids is 1. The van der Waals surface area contributed by atoms with Crippen molar-refractivity contribution in [2.75, 3.05) is 13.2 Å². The Morgan fingerprint density at radius 2 is 2.00 bits per heavy atom. The van der Waals surface area contributed by atoms with Crippen LogP contribution in [-0.4, -0.2) is 19.0 Å². The topological polar surface area (TPSA) is 26.3 Å². The Hall–Kier alpha value is -0.370. The van der Waals surface area contributed by atoms with Gasteiger partial charge in [0.05, 0.1) is 6.61 Å². The van der Waals surface area contributed by atoms with Crippen molar-refractivity contribution in [2.45, 2.75) is 19.3 Å². The molecule has 2 nitrogen and oxygen atoms in total. The Balaban J connectivity index is 1.90. The van der Waals surface area contributed by atoms with Crippen molar-refractivity contribution in [3.8, 4) is 0 Å². The third kappa shape index (κ3) is 1.08. The Morgan fingerprint density at radius 1 is 1.20 bits per heavy atom. The first-order valence-corrected chi connectivity index (χ1v) is 3.99. The molecular formula is C8H12O2. The van der Waals surface area contributed by atoms with Gasteiger partial charge in [-0.05, 0) is 19.3 Å². The Bertz CT molecular complexity index is 143. The molecule has 56 valence electrons. The predicted octanol–water partition coefficient (Wildman–Crippen LogP) is 1.00. The quantitative estimate of drug-likeness (QED) is 0.572. The summed E-state index contributed by atoms with van der Waals surface area (Å²) in [7, 11) is 0. The Morgan fingerprint density at radius 3 is 2.50 bits per heavy atom. The van der Waals surface area contributed by atoms with Gasteiger partial charge >= 0.3 is 0 Å². The van der Waals surface area contributed by atoms with Crippen molar-refractivity contribution < 1.29 is 9.53 Å². The van der Waals surface area contributed by atoms with Gasteiger partial charge in [-0.3, -0.25) is 4.79 Å². The van der Waals surface area contributed by atoms with Crippen molar-refractivity contribution >= 4 is 5.78 Å². The molecule has 1 saturated heterocycles. The van der Waals surface area contributed by atoms with Gasteiger partial charge in [0.1, 0.15) is 5.78 Å². The fourth-order valence-corrected chi connectivity index (χ4v) is 1.46. The van der Waals surface area contributed by atoms with Crippen molar-refractivity contribution in [3.05, 3.63) is 0 Å². The molecule has 2 aliphatic rings. The lowest BCUT2D eigenvalue weighted by Gasteiger charge is -2.02. The first-order valence-electron chi connectivity index (χ1n) is 3.99. The molecule has 0 spiro atoms. The molecule has 10 heavy (non-hydrogen) atoms. The van der Waals surface area contributed by atoms with Crippen LogP contribution in [0.25, 0.3) is 0 Å². The van der Waals surface area contributed by atoms with Crippen molar-refractivity contribution in [1.82, 2.24) is 0 Å². The minimum atomic E-state index is 0.257. The maximum absolute atomic E-state index is 11.3. The Kier molecular flexibility index (Phi) is 1.49. The molecule has 0 bridgehead atoms. The number of hydrogen-bond donors (Lipinski definition) is 0. The minimum Gasteiger partial charge on any atom is -0.381 e. The van der Waals surface area contributed by atoms with E-state index in [0.717, 1.165) is 25.9 Å². The van der Waals surface area contributed by atoms with E-state index in [2.05, 4.69) is 0 Å². The minimum absolute atomic E-state index is 0.257. The zero-order chi connectivity index (χ0) is 6.97. The second-order valence-electron chi connectivity index (χ2n) is 3.24. The zero-order valence-corrected chi connectivity index (χ0v) is 6.01. The van der Waals surface area contributed by atoms with Crippen LogP contribution in [0.5, 0.6) is 0 Å². The van der Waals surface area contributed by atoms with Gasteiger partial charge in [-0.1, -0.05) is 0 Å². The summed E-state index contributed by atoms with van der Waals surface area (Å²) in [5.74, 6) is 1.15. The summed E-state index contributed by atoms with van der Waals surface area (Å²) < 4.78 is 5.14. The molecule has 0 N–H and O–H groups in total. The van der Waals surface area contributed by atoms with E-state index in [1.807, 2.05) is 0 Å². The van der Waals surface area contributed by atoms with E-state index >= 15 is 0 Å². The van der Waals surface area contributed by atoms with Crippen LogP contribution in [0.4, 0.5) is 0 Å². The predicted molar refractivity (Wildman–Crippen MR) is 36.7 cm³/mol. The van der Waals surface area contributed by atoms with Crippen LogP contribution in [-0.2, 0) is 9.53 Å². The van der Waals surface area contributed by atoms with E-state index < -0.39 is 0 Å². The van der Waals surface area contributed by atoms with Crippen molar-refractivity contribution in [3.63, 3.8) is 0 Å². The molecular weight excluding hydrogens is 128 g/mol. The lowest BCUT2D eigenvalue weighted by Crippen LogP contribution is -2.15. The van der Waals surface area contributed by atoms with Crippen LogP contribution in [0.3, 0.4) is 0 Å². The maximum Gasteiger partial charge on any atom is 0.141 e. The molecule has 2 fully saturated rings. The Labute approximate surface area is 60.6 Å². The number of ether oxygens (including phenoxy) is 1. The number of Topliss-reactive ketones (excluding diaryl/α,β-unsaturated/α-hetero) is 1. The SMILES string of the molecule is O=C(C1CC1)C1CCOC1. The van der Waals surface area contributed by atoms with Gasteiger partial charge in [-0.15, -0.1) is 0 Å². The summed E-state index contributed by atoms with van der Waals surface area (Å²) in [6.45, 7) is 1.48. The highest BCUT2D eigenvalue weighted by molar-refractivity contribution is 5.85. The summed E-state index contributed by atoms with van der Waals surface area (Å²) in [6, 6.07) is 0. The van der Waals surface area contributed by atoms with E-state index in [9.17, 15) is 4.79 Å². The molecule has 0 radical (unpaired) electrons. The largest absolute Gasteiger partial charge is 0.381 e. The maximum atomic E-state index is 11.3. The highest BCUT2D eigenvalue weighted by atomic mass is 16.5. The molecule has 0 aromatic heterocycles. The number of carbonyl (C=O) groups is 1. The van der Waals surface area contributed by atoms with Crippen LogP contribution in [0.2, 0.25) is 0 Å². The molecule has 0 aromatic rings.